The van der Waals surface area contributed by atoms with E-state index in [0.29, 0.717) is 12.5 Å². The maximum absolute atomic E-state index is 9.98. The third-order valence-electron chi connectivity index (χ3n) is 3.72. The number of nitrogens with zero attached hydrogens (tertiary/aromatic N) is 2. The molecule has 1 unspecified atom stereocenters. The first-order valence-corrected chi connectivity index (χ1v) is 8.75. The van der Waals surface area contributed by atoms with E-state index in [4.69, 9.17) is 0 Å². The molecule has 0 spiro atoms. The molecule has 1 N–H and O–H groups in total. The molecule has 0 amide bonds. The van der Waals surface area contributed by atoms with Gasteiger partial charge in [-0.25, -0.2) is 0 Å². The van der Waals surface area contributed by atoms with Crippen molar-refractivity contribution in [2.24, 2.45) is 0 Å². The Hall–Kier alpha value is -0.480. The number of hydrogen-bond donors (Lipinski definition) is 1. The molecular weight excluding hydrogens is 256 g/mol. The molecule has 1 aliphatic rings. The molecule has 0 aliphatic heterocycles. The minimum atomic E-state index is -0.258. The Kier molecular flexibility index (Phi) is 6.24. The summed E-state index contributed by atoms with van der Waals surface area (Å²) in [7, 11) is 0. The largest absolute Gasteiger partial charge is 0.392 e. The number of aliphatic hydroxyl groups excluding tert-OH is 1. The van der Waals surface area contributed by atoms with Gasteiger partial charge >= 0.3 is 0 Å². The second-order valence-electron chi connectivity index (χ2n) is 5.51. The van der Waals surface area contributed by atoms with Crippen molar-refractivity contribution in [1.82, 2.24) is 9.78 Å². The van der Waals surface area contributed by atoms with Gasteiger partial charge in [0.05, 0.1) is 17.8 Å². The molecule has 0 saturated heterocycles. The summed E-state index contributed by atoms with van der Waals surface area (Å²) in [5.41, 5.74) is 1.04. The van der Waals surface area contributed by atoms with Crippen molar-refractivity contribution < 1.29 is 5.11 Å². The Morgan fingerprint density at radius 2 is 2.21 bits per heavy atom. The molecule has 0 bridgehead atoms. The first-order valence-electron chi connectivity index (χ1n) is 7.59. The highest BCUT2D eigenvalue weighted by molar-refractivity contribution is 7.99. The second kappa shape index (κ2) is 7.95. The molecule has 1 atom stereocenters. The van der Waals surface area contributed by atoms with Crippen LogP contribution in [-0.2, 0) is 6.42 Å². The van der Waals surface area contributed by atoms with Crippen LogP contribution >= 0.6 is 11.8 Å². The molecule has 2 rings (SSSR count). The SMILES string of the molecule is CCCSCC(O)Cc1ccn(C2CCCCC2)n1. The van der Waals surface area contributed by atoms with Gasteiger partial charge < -0.3 is 5.11 Å². The predicted molar refractivity (Wildman–Crippen MR) is 81.7 cm³/mol. The van der Waals surface area contributed by atoms with Crippen molar-refractivity contribution in [1.29, 1.82) is 0 Å². The molecular formula is C15H26N2OS. The molecule has 3 nitrogen and oxygen atoms in total. The molecule has 0 radical (unpaired) electrons. The fraction of sp³-hybridized carbons (Fsp3) is 0.800. The van der Waals surface area contributed by atoms with Gasteiger partial charge in [-0.1, -0.05) is 26.2 Å². The number of hydrogen-bond acceptors (Lipinski definition) is 3. The van der Waals surface area contributed by atoms with Crippen molar-refractivity contribution in [2.45, 2.75) is 64.0 Å². The lowest BCUT2D eigenvalue weighted by Crippen LogP contribution is -2.16. The third kappa shape index (κ3) is 4.84. The van der Waals surface area contributed by atoms with Crippen molar-refractivity contribution in [3.63, 3.8) is 0 Å². The fourth-order valence-corrected chi connectivity index (χ4v) is 3.54. The maximum atomic E-state index is 9.98. The Morgan fingerprint density at radius 3 is 2.95 bits per heavy atom. The molecule has 1 heterocycles. The summed E-state index contributed by atoms with van der Waals surface area (Å²) in [4.78, 5) is 0. The van der Waals surface area contributed by atoms with E-state index in [1.165, 1.54) is 38.5 Å². The van der Waals surface area contributed by atoms with Crippen molar-refractivity contribution >= 4 is 11.8 Å². The average molecular weight is 282 g/mol. The lowest BCUT2D eigenvalue weighted by Gasteiger charge is -2.21. The van der Waals surface area contributed by atoms with Gasteiger partial charge in [-0.3, -0.25) is 4.68 Å². The summed E-state index contributed by atoms with van der Waals surface area (Å²) >= 11 is 1.83. The first-order chi connectivity index (χ1) is 9.29. The molecule has 1 aliphatic carbocycles. The topological polar surface area (TPSA) is 38.0 Å². The molecule has 108 valence electrons. The smallest absolute Gasteiger partial charge is 0.0686 e. The van der Waals surface area contributed by atoms with E-state index in [1.807, 2.05) is 11.8 Å². The van der Waals surface area contributed by atoms with Gasteiger partial charge in [-0.2, -0.15) is 16.9 Å². The number of rotatable bonds is 7. The van der Waals surface area contributed by atoms with Crippen LogP contribution in [0.5, 0.6) is 0 Å². The van der Waals surface area contributed by atoms with Gasteiger partial charge in [0.15, 0.2) is 0 Å². The molecule has 4 heteroatoms. The minimum absolute atomic E-state index is 0.258. The van der Waals surface area contributed by atoms with E-state index < -0.39 is 0 Å². The van der Waals surface area contributed by atoms with Crippen LogP contribution in [0.1, 0.15) is 57.2 Å². The molecule has 1 aromatic heterocycles. The molecule has 1 aromatic rings. The van der Waals surface area contributed by atoms with Gasteiger partial charge in [0.2, 0.25) is 0 Å². The summed E-state index contributed by atoms with van der Waals surface area (Å²) in [5, 5.41) is 14.6. The van der Waals surface area contributed by atoms with E-state index in [2.05, 4.69) is 29.0 Å². The van der Waals surface area contributed by atoms with E-state index >= 15 is 0 Å². The highest BCUT2D eigenvalue weighted by Crippen LogP contribution is 2.27. The van der Waals surface area contributed by atoms with Crippen LogP contribution in [0.15, 0.2) is 12.3 Å². The van der Waals surface area contributed by atoms with Crippen LogP contribution < -0.4 is 0 Å². The highest BCUT2D eigenvalue weighted by atomic mass is 32.2. The van der Waals surface area contributed by atoms with Crippen LogP contribution in [0.3, 0.4) is 0 Å². The molecule has 0 aromatic carbocycles. The zero-order valence-electron chi connectivity index (χ0n) is 11.9. The average Bonchev–Trinajstić information content (AvgIpc) is 2.88. The third-order valence-corrected chi connectivity index (χ3v) is 5.03. The normalized spacial score (nSPS) is 18.6. The Morgan fingerprint density at radius 1 is 1.42 bits per heavy atom. The van der Waals surface area contributed by atoms with Gasteiger partial charge in [-0.15, -0.1) is 0 Å². The fourth-order valence-electron chi connectivity index (χ4n) is 2.70. The van der Waals surface area contributed by atoms with Crippen LogP contribution in [0, 0.1) is 0 Å². The highest BCUT2D eigenvalue weighted by Gasteiger charge is 2.16. The zero-order chi connectivity index (χ0) is 13.5. The standard InChI is InChI=1S/C15H26N2OS/c1-2-10-19-12-15(18)11-13-8-9-17(16-13)14-6-4-3-5-7-14/h8-9,14-15,18H,2-7,10-12H2,1H3. The minimum Gasteiger partial charge on any atom is -0.392 e. The number of aliphatic hydroxyl groups is 1. The summed E-state index contributed by atoms with van der Waals surface area (Å²) in [6.07, 6.45) is 10.3. The molecule has 1 saturated carbocycles. The Balaban J connectivity index is 1.79. The van der Waals surface area contributed by atoms with E-state index in [-0.39, 0.29) is 6.10 Å². The van der Waals surface area contributed by atoms with Crippen LogP contribution in [-0.4, -0.2) is 32.5 Å². The zero-order valence-corrected chi connectivity index (χ0v) is 12.7. The summed E-state index contributed by atoms with van der Waals surface area (Å²) in [5.74, 6) is 1.96. The quantitative estimate of drug-likeness (QED) is 0.779. The maximum Gasteiger partial charge on any atom is 0.0686 e. The monoisotopic (exact) mass is 282 g/mol. The van der Waals surface area contributed by atoms with E-state index in [0.717, 1.165) is 17.2 Å². The Bertz CT molecular complexity index is 361. The number of thioether (sulfide) groups is 1. The molecule has 1 fully saturated rings. The van der Waals surface area contributed by atoms with Gasteiger partial charge in [0, 0.05) is 18.4 Å². The second-order valence-corrected chi connectivity index (χ2v) is 6.66. The van der Waals surface area contributed by atoms with Crippen molar-refractivity contribution in [2.75, 3.05) is 11.5 Å². The van der Waals surface area contributed by atoms with Crippen molar-refractivity contribution in [3.05, 3.63) is 18.0 Å². The summed E-state index contributed by atoms with van der Waals surface area (Å²) in [6.45, 7) is 2.17. The van der Waals surface area contributed by atoms with Crippen molar-refractivity contribution in [3.8, 4) is 0 Å². The van der Waals surface area contributed by atoms with Gasteiger partial charge in [0.1, 0.15) is 0 Å². The number of aromatic nitrogens is 2. The van der Waals surface area contributed by atoms with Crippen LogP contribution in [0.2, 0.25) is 0 Å². The molecule has 19 heavy (non-hydrogen) atoms. The van der Waals surface area contributed by atoms with Crippen LogP contribution in [0.4, 0.5) is 0 Å². The van der Waals surface area contributed by atoms with Crippen LogP contribution in [0.25, 0.3) is 0 Å². The van der Waals surface area contributed by atoms with Gasteiger partial charge in [-0.05, 0) is 31.1 Å². The Labute approximate surface area is 120 Å². The predicted octanol–water partition coefficient (Wildman–Crippen LogP) is 3.43. The lowest BCUT2D eigenvalue weighted by molar-refractivity contribution is 0.198. The lowest BCUT2D eigenvalue weighted by atomic mass is 9.96. The summed E-state index contributed by atoms with van der Waals surface area (Å²) in [6, 6.07) is 2.66. The van der Waals surface area contributed by atoms with Gasteiger partial charge in [0.25, 0.3) is 0 Å². The first kappa shape index (κ1) is 14.9. The summed E-state index contributed by atoms with van der Waals surface area (Å²) < 4.78 is 2.13. The van der Waals surface area contributed by atoms with E-state index in [1.54, 1.807) is 0 Å². The van der Waals surface area contributed by atoms with E-state index in [9.17, 15) is 5.11 Å².